The molecule has 2 amide bonds. The summed E-state index contributed by atoms with van der Waals surface area (Å²) in [5.41, 5.74) is 4.03. The van der Waals surface area contributed by atoms with Gasteiger partial charge in [-0.05, 0) is 50.8 Å². The molecule has 1 aromatic carbocycles. The zero-order chi connectivity index (χ0) is 21.0. The third kappa shape index (κ3) is 5.10. The molecule has 0 aliphatic carbocycles. The van der Waals surface area contributed by atoms with E-state index < -0.39 is 0 Å². The monoisotopic (exact) mass is 395 g/mol. The summed E-state index contributed by atoms with van der Waals surface area (Å²) in [6.07, 6.45) is 5.12. The first-order valence-corrected chi connectivity index (χ1v) is 10.00. The molecule has 0 spiro atoms. The molecule has 154 valence electrons. The number of amides is 2. The number of nitrogens with zero attached hydrogens (tertiary/aromatic N) is 4. The molecule has 3 rings (SSSR count). The average molecular weight is 396 g/mol. The van der Waals surface area contributed by atoms with Gasteiger partial charge in [-0.2, -0.15) is 0 Å². The van der Waals surface area contributed by atoms with Crippen LogP contribution in [0.2, 0.25) is 0 Å². The Morgan fingerprint density at radius 3 is 2.48 bits per heavy atom. The van der Waals surface area contributed by atoms with Gasteiger partial charge in [-0.15, -0.1) is 0 Å². The molecule has 1 aromatic heterocycles. The zero-order valence-electron chi connectivity index (χ0n) is 17.6. The fourth-order valence-electron chi connectivity index (χ4n) is 3.98. The number of anilines is 2. The van der Waals surface area contributed by atoms with E-state index in [0.717, 1.165) is 41.8 Å². The van der Waals surface area contributed by atoms with E-state index in [2.05, 4.69) is 15.3 Å². The summed E-state index contributed by atoms with van der Waals surface area (Å²) in [7, 11) is 1.69. The van der Waals surface area contributed by atoms with Gasteiger partial charge in [0, 0.05) is 38.2 Å². The molecule has 2 heterocycles. The van der Waals surface area contributed by atoms with Crippen molar-refractivity contribution in [2.45, 2.75) is 33.6 Å². The van der Waals surface area contributed by atoms with Crippen LogP contribution in [0.5, 0.6) is 0 Å². The van der Waals surface area contributed by atoms with Crippen molar-refractivity contribution in [3.8, 4) is 0 Å². The Hall–Kier alpha value is -2.96. The maximum absolute atomic E-state index is 12.9. The molecule has 1 aliphatic heterocycles. The van der Waals surface area contributed by atoms with Crippen molar-refractivity contribution in [3.63, 3.8) is 0 Å². The van der Waals surface area contributed by atoms with Crippen molar-refractivity contribution in [1.82, 2.24) is 14.9 Å². The Bertz CT molecular complexity index is 861. The number of benzene rings is 1. The van der Waals surface area contributed by atoms with Crippen LogP contribution in [0, 0.1) is 26.7 Å². The van der Waals surface area contributed by atoms with Crippen LogP contribution >= 0.6 is 0 Å². The number of piperidine rings is 1. The summed E-state index contributed by atoms with van der Waals surface area (Å²) in [6, 6.07) is 5.86. The third-order valence-corrected chi connectivity index (χ3v) is 5.30. The normalized spacial score (nSPS) is 16.4. The molecule has 1 N–H and O–H groups in total. The third-order valence-electron chi connectivity index (χ3n) is 5.30. The molecule has 7 nitrogen and oxygen atoms in total. The van der Waals surface area contributed by atoms with E-state index in [1.54, 1.807) is 25.5 Å². The number of nitrogens with one attached hydrogen (secondary N) is 1. The van der Waals surface area contributed by atoms with Crippen LogP contribution in [0.1, 0.15) is 29.5 Å². The number of hydrogen-bond donors (Lipinski definition) is 1. The van der Waals surface area contributed by atoms with E-state index in [1.807, 2.05) is 37.8 Å². The second-order valence-corrected chi connectivity index (χ2v) is 7.85. The number of hydrogen-bond acceptors (Lipinski definition) is 5. The smallest absolute Gasteiger partial charge is 0.243 e. The quantitative estimate of drug-likeness (QED) is 0.842. The minimum absolute atomic E-state index is 0.0156. The van der Waals surface area contributed by atoms with E-state index in [0.29, 0.717) is 12.5 Å². The molecule has 1 aliphatic rings. The van der Waals surface area contributed by atoms with Crippen molar-refractivity contribution < 1.29 is 9.59 Å². The van der Waals surface area contributed by atoms with Crippen LogP contribution in [0.15, 0.2) is 30.6 Å². The predicted octanol–water partition coefficient (Wildman–Crippen LogP) is 2.72. The summed E-state index contributed by atoms with van der Waals surface area (Å²) >= 11 is 0. The molecule has 0 saturated carbocycles. The Labute approximate surface area is 172 Å². The molecule has 7 heteroatoms. The first kappa shape index (κ1) is 20.8. The summed E-state index contributed by atoms with van der Waals surface area (Å²) in [5.74, 6) is 0.289. The Morgan fingerprint density at radius 1 is 1.17 bits per heavy atom. The molecule has 29 heavy (non-hydrogen) atoms. The average Bonchev–Trinajstić information content (AvgIpc) is 2.71. The molecule has 0 radical (unpaired) electrons. The van der Waals surface area contributed by atoms with Gasteiger partial charge in [-0.25, -0.2) is 9.97 Å². The Kier molecular flexibility index (Phi) is 6.46. The highest BCUT2D eigenvalue weighted by Gasteiger charge is 2.29. The summed E-state index contributed by atoms with van der Waals surface area (Å²) in [6.45, 7) is 7.43. The first-order chi connectivity index (χ1) is 13.8. The van der Waals surface area contributed by atoms with E-state index in [1.165, 1.54) is 4.90 Å². The maximum Gasteiger partial charge on any atom is 0.243 e. The fourth-order valence-corrected chi connectivity index (χ4v) is 3.98. The van der Waals surface area contributed by atoms with Crippen LogP contribution < -0.4 is 10.2 Å². The lowest BCUT2D eigenvalue weighted by Gasteiger charge is -2.33. The number of aromatic nitrogens is 2. The van der Waals surface area contributed by atoms with Crippen molar-refractivity contribution in [2.24, 2.45) is 5.92 Å². The van der Waals surface area contributed by atoms with Crippen molar-refractivity contribution in [1.29, 1.82) is 0 Å². The van der Waals surface area contributed by atoms with Gasteiger partial charge in [0.1, 0.15) is 0 Å². The van der Waals surface area contributed by atoms with Crippen LogP contribution in [0.25, 0.3) is 0 Å². The topological polar surface area (TPSA) is 78.4 Å². The van der Waals surface area contributed by atoms with E-state index in [9.17, 15) is 9.59 Å². The van der Waals surface area contributed by atoms with Crippen LogP contribution in [-0.4, -0.2) is 53.4 Å². The van der Waals surface area contributed by atoms with Crippen LogP contribution in [-0.2, 0) is 9.59 Å². The molecule has 1 unspecified atom stereocenters. The maximum atomic E-state index is 12.9. The standard InChI is InChI=1S/C22H29N5O2/c1-15-11-16(2)20(17(3)12-15)25-19(28)14-26(4)21(29)18-7-5-10-27(13-18)22-23-8-6-9-24-22/h6,8-9,11-12,18H,5,7,10,13-14H2,1-4H3,(H,25,28). The van der Waals surface area contributed by atoms with Gasteiger partial charge in [0.15, 0.2) is 0 Å². The number of carbonyl (C=O) groups is 2. The SMILES string of the molecule is Cc1cc(C)c(NC(=O)CN(C)C(=O)C2CCCN(c3ncccn3)C2)c(C)c1. The van der Waals surface area contributed by atoms with E-state index >= 15 is 0 Å². The van der Waals surface area contributed by atoms with Crippen molar-refractivity contribution in [2.75, 3.05) is 36.9 Å². The second kappa shape index (κ2) is 9.03. The molecule has 1 atom stereocenters. The van der Waals surface area contributed by atoms with Gasteiger partial charge >= 0.3 is 0 Å². The van der Waals surface area contributed by atoms with Crippen LogP contribution in [0.3, 0.4) is 0 Å². The first-order valence-electron chi connectivity index (χ1n) is 10.00. The van der Waals surface area contributed by atoms with Gasteiger partial charge < -0.3 is 15.1 Å². The summed E-state index contributed by atoms with van der Waals surface area (Å²) < 4.78 is 0. The molecular weight excluding hydrogens is 366 g/mol. The van der Waals surface area contributed by atoms with Crippen molar-refractivity contribution in [3.05, 3.63) is 47.3 Å². The Morgan fingerprint density at radius 2 is 1.83 bits per heavy atom. The highest BCUT2D eigenvalue weighted by molar-refractivity contribution is 5.96. The summed E-state index contributed by atoms with van der Waals surface area (Å²) in [5, 5.41) is 2.97. The molecular formula is C22H29N5O2. The molecule has 0 bridgehead atoms. The number of aryl methyl sites for hydroxylation is 3. The fraction of sp³-hybridized carbons (Fsp3) is 0.455. The van der Waals surface area contributed by atoms with Gasteiger partial charge in [0.25, 0.3) is 0 Å². The lowest BCUT2D eigenvalue weighted by molar-refractivity contribution is -0.137. The lowest BCUT2D eigenvalue weighted by Crippen LogP contribution is -2.46. The lowest BCUT2D eigenvalue weighted by atomic mass is 9.97. The minimum atomic E-state index is -0.185. The number of carbonyl (C=O) groups excluding carboxylic acids is 2. The summed E-state index contributed by atoms with van der Waals surface area (Å²) in [4.78, 5) is 37.6. The molecule has 1 saturated heterocycles. The van der Waals surface area contributed by atoms with Gasteiger partial charge in [0.05, 0.1) is 12.5 Å². The highest BCUT2D eigenvalue weighted by Crippen LogP contribution is 2.23. The minimum Gasteiger partial charge on any atom is -0.340 e. The Balaban J connectivity index is 1.59. The number of likely N-dealkylation sites (N-methyl/N-ethyl adjacent to an activating group) is 1. The van der Waals surface area contributed by atoms with Crippen molar-refractivity contribution >= 4 is 23.5 Å². The molecule has 2 aromatic rings. The highest BCUT2D eigenvalue weighted by atomic mass is 16.2. The van der Waals surface area contributed by atoms with Gasteiger partial charge in [-0.3, -0.25) is 9.59 Å². The number of rotatable bonds is 5. The largest absolute Gasteiger partial charge is 0.340 e. The zero-order valence-corrected chi connectivity index (χ0v) is 17.6. The van der Waals surface area contributed by atoms with E-state index in [-0.39, 0.29) is 24.3 Å². The van der Waals surface area contributed by atoms with E-state index in [4.69, 9.17) is 0 Å². The second-order valence-electron chi connectivity index (χ2n) is 7.85. The molecule has 1 fully saturated rings. The predicted molar refractivity (Wildman–Crippen MR) is 114 cm³/mol. The van der Waals surface area contributed by atoms with Crippen LogP contribution in [0.4, 0.5) is 11.6 Å². The van der Waals surface area contributed by atoms with Gasteiger partial charge in [-0.1, -0.05) is 17.7 Å². The van der Waals surface area contributed by atoms with Gasteiger partial charge in [0.2, 0.25) is 17.8 Å².